The van der Waals surface area contributed by atoms with Gasteiger partial charge in [-0.25, -0.2) is 0 Å². The third-order valence-electron chi connectivity index (χ3n) is 2.73. The minimum Gasteiger partial charge on any atom is -0.310 e. The van der Waals surface area contributed by atoms with Crippen LogP contribution in [0.25, 0.3) is 10.9 Å². The van der Waals surface area contributed by atoms with Crippen molar-refractivity contribution in [1.82, 2.24) is 15.5 Å². The van der Waals surface area contributed by atoms with Crippen LogP contribution in [-0.4, -0.2) is 16.2 Å². The number of aromatic nitrogens is 2. The normalized spacial score (nSPS) is 16.3. The van der Waals surface area contributed by atoms with Crippen LogP contribution in [0.5, 0.6) is 0 Å². The first-order valence-corrected chi connectivity index (χ1v) is 5.08. The maximum atomic E-state index is 4.05. The van der Waals surface area contributed by atoms with Crippen molar-refractivity contribution >= 4 is 10.9 Å². The van der Waals surface area contributed by atoms with Crippen LogP contribution < -0.4 is 5.32 Å². The molecule has 1 fully saturated rings. The molecule has 1 saturated carbocycles. The van der Waals surface area contributed by atoms with Gasteiger partial charge in [-0.3, -0.25) is 5.10 Å². The first-order chi connectivity index (χ1) is 6.93. The molecule has 1 aliphatic rings. The smallest absolute Gasteiger partial charge is 0.0653 e. The quantitative estimate of drug-likeness (QED) is 0.769. The predicted molar refractivity (Wildman–Crippen MR) is 56.0 cm³/mol. The van der Waals surface area contributed by atoms with Gasteiger partial charge in [0.15, 0.2) is 0 Å². The molecule has 72 valence electrons. The lowest BCUT2D eigenvalue weighted by molar-refractivity contribution is 0.691. The Morgan fingerprint density at radius 2 is 2.36 bits per heavy atom. The largest absolute Gasteiger partial charge is 0.310 e. The molecule has 3 nitrogen and oxygen atoms in total. The second-order valence-electron chi connectivity index (χ2n) is 3.90. The van der Waals surface area contributed by atoms with E-state index in [2.05, 4.69) is 33.7 Å². The molecular weight excluding hydrogens is 174 g/mol. The van der Waals surface area contributed by atoms with Crippen LogP contribution in [0, 0.1) is 0 Å². The number of nitrogens with one attached hydrogen (secondary N) is 2. The lowest BCUT2D eigenvalue weighted by Gasteiger charge is -2.03. The zero-order chi connectivity index (χ0) is 9.38. The van der Waals surface area contributed by atoms with Gasteiger partial charge >= 0.3 is 0 Å². The topological polar surface area (TPSA) is 40.7 Å². The van der Waals surface area contributed by atoms with Crippen LogP contribution in [-0.2, 0) is 6.54 Å². The summed E-state index contributed by atoms with van der Waals surface area (Å²) in [6.45, 7) is 0.960. The molecular formula is C11H13N3. The maximum absolute atomic E-state index is 4.05. The van der Waals surface area contributed by atoms with Gasteiger partial charge in [0.25, 0.3) is 0 Å². The Balaban J connectivity index is 1.89. The van der Waals surface area contributed by atoms with E-state index in [4.69, 9.17) is 0 Å². The molecule has 3 heteroatoms. The van der Waals surface area contributed by atoms with Crippen LogP contribution in [0.1, 0.15) is 18.4 Å². The molecule has 1 aromatic carbocycles. The number of nitrogens with zero attached hydrogens (tertiary/aromatic N) is 1. The lowest BCUT2D eigenvalue weighted by Crippen LogP contribution is -2.15. The highest BCUT2D eigenvalue weighted by atomic mass is 15.1. The van der Waals surface area contributed by atoms with E-state index in [1.54, 1.807) is 0 Å². The number of hydrogen-bond acceptors (Lipinski definition) is 2. The van der Waals surface area contributed by atoms with Gasteiger partial charge in [0, 0.05) is 18.0 Å². The Kier molecular flexibility index (Phi) is 1.77. The summed E-state index contributed by atoms with van der Waals surface area (Å²) in [5.41, 5.74) is 2.46. The number of fused-ring (bicyclic) bond motifs is 1. The van der Waals surface area contributed by atoms with Gasteiger partial charge in [-0.2, -0.15) is 5.10 Å². The van der Waals surface area contributed by atoms with Crippen molar-refractivity contribution in [2.24, 2.45) is 0 Å². The van der Waals surface area contributed by atoms with Crippen LogP contribution in [0.3, 0.4) is 0 Å². The molecule has 1 heterocycles. The SMILES string of the molecule is c1cc(CNC2CC2)c2cn[nH]c2c1. The molecule has 0 amide bonds. The summed E-state index contributed by atoms with van der Waals surface area (Å²) in [6.07, 6.45) is 4.57. The van der Waals surface area contributed by atoms with Crippen molar-refractivity contribution in [1.29, 1.82) is 0 Å². The third kappa shape index (κ3) is 1.40. The average Bonchev–Trinajstić information content (AvgIpc) is 2.91. The Hall–Kier alpha value is -1.35. The molecule has 1 aliphatic carbocycles. The monoisotopic (exact) mass is 187 g/mol. The summed E-state index contributed by atoms with van der Waals surface area (Å²) >= 11 is 0. The van der Waals surface area contributed by atoms with E-state index in [1.165, 1.54) is 23.8 Å². The van der Waals surface area contributed by atoms with Gasteiger partial charge in [-0.1, -0.05) is 12.1 Å². The highest BCUT2D eigenvalue weighted by molar-refractivity contribution is 5.81. The highest BCUT2D eigenvalue weighted by Crippen LogP contribution is 2.21. The summed E-state index contributed by atoms with van der Waals surface area (Å²) in [5, 5.41) is 11.8. The van der Waals surface area contributed by atoms with E-state index in [0.29, 0.717) is 0 Å². The minimum absolute atomic E-state index is 0.761. The average molecular weight is 187 g/mol. The predicted octanol–water partition coefficient (Wildman–Crippen LogP) is 1.81. The van der Waals surface area contributed by atoms with Gasteiger partial charge in [-0.15, -0.1) is 0 Å². The Morgan fingerprint density at radius 1 is 1.43 bits per heavy atom. The molecule has 0 aliphatic heterocycles. The maximum Gasteiger partial charge on any atom is 0.0653 e. The fraction of sp³-hybridized carbons (Fsp3) is 0.364. The van der Waals surface area contributed by atoms with E-state index in [-0.39, 0.29) is 0 Å². The number of rotatable bonds is 3. The first kappa shape index (κ1) is 8.00. The Morgan fingerprint density at radius 3 is 3.21 bits per heavy atom. The molecule has 0 atom stereocenters. The summed E-state index contributed by atoms with van der Waals surface area (Å²) in [6, 6.07) is 7.05. The van der Waals surface area contributed by atoms with Crippen LogP contribution in [0.2, 0.25) is 0 Å². The molecule has 2 aromatic rings. The molecule has 1 aromatic heterocycles. The zero-order valence-electron chi connectivity index (χ0n) is 7.96. The van der Waals surface area contributed by atoms with Crippen molar-refractivity contribution < 1.29 is 0 Å². The van der Waals surface area contributed by atoms with Crippen LogP contribution in [0.4, 0.5) is 0 Å². The van der Waals surface area contributed by atoms with Gasteiger partial charge in [0.1, 0.15) is 0 Å². The van der Waals surface area contributed by atoms with Gasteiger partial charge in [-0.05, 0) is 24.5 Å². The number of H-pyrrole nitrogens is 1. The first-order valence-electron chi connectivity index (χ1n) is 5.08. The molecule has 14 heavy (non-hydrogen) atoms. The number of hydrogen-bond donors (Lipinski definition) is 2. The molecule has 2 N–H and O–H groups in total. The second-order valence-corrected chi connectivity index (χ2v) is 3.90. The van der Waals surface area contributed by atoms with Crippen molar-refractivity contribution in [3.63, 3.8) is 0 Å². The van der Waals surface area contributed by atoms with Crippen LogP contribution >= 0.6 is 0 Å². The van der Waals surface area contributed by atoms with E-state index < -0.39 is 0 Å². The Bertz CT molecular complexity index is 442. The van der Waals surface area contributed by atoms with E-state index in [1.807, 2.05) is 6.20 Å². The van der Waals surface area contributed by atoms with Crippen LogP contribution in [0.15, 0.2) is 24.4 Å². The molecule has 0 saturated heterocycles. The third-order valence-corrected chi connectivity index (χ3v) is 2.73. The Labute approximate surface area is 82.5 Å². The lowest BCUT2D eigenvalue weighted by atomic mass is 10.1. The van der Waals surface area contributed by atoms with Crippen molar-refractivity contribution in [3.05, 3.63) is 30.0 Å². The number of benzene rings is 1. The summed E-state index contributed by atoms with van der Waals surface area (Å²) in [5.74, 6) is 0. The van der Waals surface area contributed by atoms with Gasteiger partial charge in [0.05, 0.1) is 11.7 Å². The fourth-order valence-corrected chi connectivity index (χ4v) is 1.73. The van der Waals surface area contributed by atoms with Crippen molar-refractivity contribution in [2.75, 3.05) is 0 Å². The second kappa shape index (κ2) is 3.10. The summed E-state index contributed by atoms with van der Waals surface area (Å²) in [7, 11) is 0. The highest BCUT2D eigenvalue weighted by Gasteiger charge is 2.20. The van der Waals surface area contributed by atoms with Crippen molar-refractivity contribution in [3.8, 4) is 0 Å². The van der Waals surface area contributed by atoms with Gasteiger partial charge in [0.2, 0.25) is 0 Å². The van der Waals surface area contributed by atoms with Gasteiger partial charge < -0.3 is 5.32 Å². The van der Waals surface area contributed by atoms with E-state index >= 15 is 0 Å². The molecule has 0 spiro atoms. The zero-order valence-corrected chi connectivity index (χ0v) is 7.96. The van der Waals surface area contributed by atoms with E-state index in [0.717, 1.165) is 18.1 Å². The molecule has 0 radical (unpaired) electrons. The molecule has 0 bridgehead atoms. The summed E-state index contributed by atoms with van der Waals surface area (Å²) < 4.78 is 0. The molecule has 3 rings (SSSR count). The number of aromatic amines is 1. The van der Waals surface area contributed by atoms with Crippen molar-refractivity contribution in [2.45, 2.75) is 25.4 Å². The standard InChI is InChI=1S/C11H13N3/c1-2-8(6-12-9-4-5-9)10-7-13-14-11(10)3-1/h1-3,7,9,12H,4-6H2,(H,13,14). The summed E-state index contributed by atoms with van der Waals surface area (Å²) in [4.78, 5) is 0. The van der Waals surface area contributed by atoms with E-state index in [9.17, 15) is 0 Å². The minimum atomic E-state index is 0.761. The fourth-order valence-electron chi connectivity index (χ4n) is 1.73. The molecule has 0 unspecified atom stereocenters.